The van der Waals surface area contributed by atoms with Crippen molar-refractivity contribution in [2.45, 2.75) is 26.3 Å². The lowest BCUT2D eigenvalue weighted by Gasteiger charge is -2.22. The number of nitro benzene ring substituents is 1. The number of hydrogen-bond donors (Lipinski definition) is 1. The van der Waals surface area contributed by atoms with Crippen molar-refractivity contribution in [3.8, 4) is 11.5 Å². The van der Waals surface area contributed by atoms with Crippen LogP contribution in [0.25, 0.3) is 0 Å². The van der Waals surface area contributed by atoms with Crippen molar-refractivity contribution in [3.63, 3.8) is 0 Å². The molecule has 2 rings (SSSR count). The molecule has 1 aliphatic rings. The Bertz CT molecular complexity index is 502. The molecule has 1 N–H and O–H groups in total. The van der Waals surface area contributed by atoms with Crippen LogP contribution in [-0.2, 0) is 6.42 Å². The molecule has 0 bridgehead atoms. The normalized spacial score (nSPS) is 15.2. The second-order valence-electron chi connectivity index (χ2n) is 5.22. The second kappa shape index (κ2) is 6.09. The molecular weight excluding hydrogens is 260 g/mol. The molecule has 1 unspecified atom stereocenters. The van der Waals surface area contributed by atoms with E-state index in [1.54, 1.807) is 6.07 Å². The summed E-state index contributed by atoms with van der Waals surface area (Å²) in [7, 11) is 1.87. The zero-order valence-electron chi connectivity index (χ0n) is 12.0. The van der Waals surface area contributed by atoms with Gasteiger partial charge in [-0.05, 0) is 25.5 Å². The number of ether oxygens (including phenoxy) is 2. The summed E-state index contributed by atoms with van der Waals surface area (Å²) in [5.41, 5.74) is 0.766. The Kier molecular flexibility index (Phi) is 4.44. The largest absolute Gasteiger partial charge is 0.486 e. The first-order valence-electron chi connectivity index (χ1n) is 6.77. The molecule has 0 spiro atoms. The van der Waals surface area contributed by atoms with Crippen molar-refractivity contribution >= 4 is 5.69 Å². The highest BCUT2D eigenvalue weighted by atomic mass is 16.6. The number of benzene rings is 1. The monoisotopic (exact) mass is 280 g/mol. The summed E-state index contributed by atoms with van der Waals surface area (Å²) < 4.78 is 10.9. The van der Waals surface area contributed by atoms with E-state index in [4.69, 9.17) is 9.47 Å². The molecule has 0 amide bonds. The third-order valence-corrected chi connectivity index (χ3v) is 3.56. The van der Waals surface area contributed by atoms with Gasteiger partial charge in [0.15, 0.2) is 11.5 Å². The van der Waals surface area contributed by atoms with E-state index in [1.807, 2.05) is 7.05 Å². The molecule has 20 heavy (non-hydrogen) atoms. The van der Waals surface area contributed by atoms with E-state index < -0.39 is 0 Å². The summed E-state index contributed by atoms with van der Waals surface area (Å²) in [6.07, 6.45) is 0.584. The van der Waals surface area contributed by atoms with Gasteiger partial charge in [0.1, 0.15) is 13.2 Å². The predicted octanol–water partition coefficient (Wildman–Crippen LogP) is 2.15. The molecule has 0 saturated heterocycles. The van der Waals surface area contributed by atoms with Gasteiger partial charge in [-0.1, -0.05) is 13.8 Å². The minimum atomic E-state index is -0.360. The Morgan fingerprint density at radius 2 is 1.90 bits per heavy atom. The highest BCUT2D eigenvalue weighted by Gasteiger charge is 2.24. The Morgan fingerprint density at radius 3 is 2.40 bits per heavy atom. The van der Waals surface area contributed by atoms with Crippen LogP contribution in [0.4, 0.5) is 5.69 Å². The van der Waals surface area contributed by atoms with Crippen molar-refractivity contribution in [1.29, 1.82) is 0 Å². The molecule has 1 heterocycles. The van der Waals surface area contributed by atoms with E-state index in [-0.39, 0.29) is 16.7 Å². The van der Waals surface area contributed by atoms with Gasteiger partial charge in [-0.3, -0.25) is 10.1 Å². The molecule has 1 aromatic rings. The molecule has 0 radical (unpaired) electrons. The standard InChI is InChI=1S/C14H20N2O4/c1-9(2)11(15-3)6-10-7-13-14(20-5-4-19-13)8-12(10)16(17)18/h7-9,11,15H,4-6H2,1-3H3. The van der Waals surface area contributed by atoms with Crippen LogP contribution in [0.2, 0.25) is 0 Å². The van der Waals surface area contributed by atoms with Crippen molar-refractivity contribution in [2.75, 3.05) is 20.3 Å². The van der Waals surface area contributed by atoms with Crippen LogP contribution in [0.1, 0.15) is 19.4 Å². The zero-order chi connectivity index (χ0) is 14.7. The van der Waals surface area contributed by atoms with Crippen LogP contribution < -0.4 is 14.8 Å². The first-order chi connectivity index (χ1) is 9.52. The van der Waals surface area contributed by atoms with Gasteiger partial charge in [0.2, 0.25) is 0 Å². The molecule has 1 aliphatic heterocycles. The van der Waals surface area contributed by atoms with E-state index in [1.165, 1.54) is 6.07 Å². The Labute approximate surface area is 118 Å². The Balaban J connectivity index is 2.37. The number of nitrogens with one attached hydrogen (secondary N) is 1. The van der Waals surface area contributed by atoms with E-state index in [2.05, 4.69) is 19.2 Å². The summed E-state index contributed by atoms with van der Waals surface area (Å²) in [6.45, 7) is 5.08. The molecular formula is C14H20N2O4. The van der Waals surface area contributed by atoms with Crippen molar-refractivity contribution in [1.82, 2.24) is 5.32 Å². The SMILES string of the molecule is CNC(Cc1cc2c(cc1[N+](=O)[O-])OCCO2)C(C)C. The number of nitro groups is 1. The molecule has 110 valence electrons. The third-order valence-electron chi connectivity index (χ3n) is 3.56. The molecule has 6 nitrogen and oxygen atoms in total. The first-order valence-corrected chi connectivity index (χ1v) is 6.77. The maximum Gasteiger partial charge on any atom is 0.276 e. The minimum absolute atomic E-state index is 0.0927. The lowest BCUT2D eigenvalue weighted by molar-refractivity contribution is -0.385. The topological polar surface area (TPSA) is 73.6 Å². The highest BCUT2D eigenvalue weighted by molar-refractivity contribution is 5.55. The average Bonchev–Trinajstić information content (AvgIpc) is 2.43. The van der Waals surface area contributed by atoms with Crippen molar-refractivity contribution < 1.29 is 14.4 Å². The molecule has 0 aliphatic carbocycles. The van der Waals surface area contributed by atoms with Gasteiger partial charge in [-0.2, -0.15) is 0 Å². The van der Waals surface area contributed by atoms with E-state index >= 15 is 0 Å². The molecule has 1 aromatic carbocycles. The fourth-order valence-electron chi connectivity index (χ4n) is 2.36. The van der Waals surface area contributed by atoms with Gasteiger partial charge in [0.25, 0.3) is 5.69 Å². The molecule has 0 aromatic heterocycles. The van der Waals surface area contributed by atoms with Crippen LogP contribution in [0.5, 0.6) is 11.5 Å². The quantitative estimate of drug-likeness (QED) is 0.661. The summed E-state index contributed by atoms with van der Waals surface area (Å²) in [6, 6.07) is 3.38. The smallest absolute Gasteiger partial charge is 0.276 e. The maximum atomic E-state index is 11.2. The van der Waals surface area contributed by atoms with Crippen molar-refractivity contribution in [3.05, 3.63) is 27.8 Å². The van der Waals surface area contributed by atoms with Gasteiger partial charge in [0.05, 0.1) is 11.0 Å². The van der Waals surface area contributed by atoms with Gasteiger partial charge in [-0.25, -0.2) is 0 Å². The average molecular weight is 280 g/mol. The van der Waals surface area contributed by atoms with Crippen LogP contribution in [0.15, 0.2) is 12.1 Å². The van der Waals surface area contributed by atoms with Gasteiger partial charge < -0.3 is 14.8 Å². The summed E-state index contributed by atoms with van der Waals surface area (Å²) >= 11 is 0. The van der Waals surface area contributed by atoms with Gasteiger partial charge in [-0.15, -0.1) is 0 Å². The lowest BCUT2D eigenvalue weighted by Crippen LogP contribution is -2.33. The summed E-state index contributed by atoms with van der Waals surface area (Å²) in [4.78, 5) is 10.9. The molecule has 1 atom stereocenters. The third kappa shape index (κ3) is 3.01. The number of likely N-dealkylation sites (N-methyl/N-ethyl adjacent to an activating group) is 1. The number of nitrogens with zero attached hydrogens (tertiary/aromatic N) is 1. The molecule has 0 saturated carbocycles. The van der Waals surface area contributed by atoms with Crippen molar-refractivity contribution in [2.24, 2.45) is 5.92 Å². The van der Waals surface area contributed by atoms with Crippen LogP contribution in [0, 0.1) is 16.0 Å². The fourth-order valence-corrected chi connectivity index (χ4v) is 2.36. The van der Waals surface area contributed by atoms with E-state index in [0.717, 1.165) is 0 Å². The van der Waals surface area contributed by atoms with Gasteiger partial charge >= 0.3 is 0 Å². The van der Waals surface area contributed by atoms with Gasteiger partial charge in [0, 0.05) is 11.6 Å². The van der Waals surface area contributed by atoms with E-state index in [9.17, 15) is 10.1 Å². The molecule has 0 fully saturated rings. The number of fused-ring (bicyclic) bond motifs is 1. The fraction of sp³-hybridized carbons (Fsp3) is 0.571. The summed E-state index contributed by atoms with van der Waals surface area (Å²) in [5.74, 6) is 1.43. The predicted molar refractivity (Wildman–Crippen MR) is 75.5 cm³/mol. The molecule has 6 heteroatoms. The minimum Gasteiger partial charge on any atom is -0.486 e. The van der Waals surface area contributed by atoms with E-state index in [0.29, 0.717) is 42.6 Å². The number of rotatable bonds is 5. The second-order valence-corrected chi connectivity index (χ2v) is 5.22. The van der Waals surface area contributed by atoms with Crippen LogP contribution in [-0.4, -0.2) is 31.2 Å². The highest BCUT2D eigenvalue weighted by Crippen LogP contribution is 2.37. The Hall–Kier alpha value is -1.82. The van der Waals surface area contributed by atoms with Crippen LogP contribution in [0.3, 0.4) is 0 Å². The number of hydrogen-bond acceptors (Lipinski definition) is 5. The Morgan fingerprint density at radius 1 is 1.30 bits per heavy atom. The van der Waals surface area contributed by atoms with Crippen LogP contribution >= 0.6 is 0 Å². The summed E-state index contributed by atoms with van der Waals surface area (Å²) in [5, 5.41) is 14.4. The maximum absolute atomic E-state index is 11.2. The first kappa shape index (κ1) is 14.6. The zero-order valence-corrected chi connectivity index (χ0v) is 12.0. The lowest BCUT2D eigenvalue weighted by atomic mass is 9.95.